The Morgan fingerprint density at radius 3 is 2.93 bits per heavy atom. The number of rotatable bonds is 3. The lowest BCUT2D eigenvalue weighted by molar-refractivity contribution is 0.551. The van der Waals surface area contributed by atoms with Crippen molar-refractivity contribution in [2.45, 2.75) is 31.1 Å². The van der Waals surface area contributed by atoms with E-state index < -0.39 is 0 Å². The number of aryl methyl sites for hydroxylation is 1. The van der Waals surface area contributed by atoms with Crippen molar-refractivity contribution in [3.05, 3.63) is 21.9 Å². The number of hydrogen-bond acceptors (Lipinski definition) is 3. The standard InChI is InChI=1S/C11H17NS2/c1-8-9(5-7-13-8)11(12-2)10-4-3-6-14-10/h5,7,10-12H,3-4,6H2,1-2H3. The van der Waals surface area contributed by atoms with Crippen LogP contribution in [0, 0.1) is 6.92 Å². The molecule has 0 spiro atoms. The predicted molar refractivity (Wildman–Crippen MR) is 66.3 cm³/mol. The van der Waals surface area contributed by atoms with E-state index in [0.29, 0.717) is 6.04 Å². The van der Waals surface area contributed by atoms with Crippen molar-refractivity contribution in [3.8, 4) is 0 Å². The van der Waals surface area contributed by atoms with E-state index in [9.17, 15) is 0 Å². The van der Waals surface area contributed by atoms with E-state index >= 15 is 0 Å². The van der Waals surface area contributed by atoms with E-state index in [1.807, 2.05) is 11.3 Å². The van der Waals surface area contributed by atoms with Crippen LogP contribution in [0.2, 0.25) is 0 Å². The summed E-state index contributed by atoms with van der Waals surface area (Å²) in [5, 5.41) is 6.46. The average Bonchev–Trinajstić information content (AvgIpc) is 2.80. The molecule has 0 bridgehead atoms. The van der Waals surface area contributed by atoms with Gasteiger partial charge in [0.1, 0.15) is 0 Å². The number of hydrogen-bond donors (Lipinski definition) is 1. The van der Waals surface area contributed by atoms with Gasteiger partial charge in [0.05, 0.1) is 0 Å². The van der Waals surface area contributed by atoms with Crippen LogP contribution in [0.25, 0.3) is 0 Å². The van der Waals surface area contributed by atoms with Gasteiger partial charge in [0.15, 0.2) is 0 Å². The summed E-state index contributed by atoms with van der Waals surface area (Å²) in [7, 11) is 2.08. The maximum Gasteiger partial charge on any atom is 0.0449 e. The fraction of sp³-hybridized carbons (Fsp3) is 0.636. The lowest BCUT2D eigenvalue weighted by Gasteiger charge is -2.22. The minimum atomic E-state index is 0.564. The van der Waals surface area contributed by atoms with Gasteiger partial charge in [-0.1, -0.05) is 0 Å². The molecule has 1 nitrogen and oxygen atoms in total. The van der Waals surface area contributed by atoms with Gasteiger partial charge < -0.3 is 5.32 Å². The zero-order valence-electron chi connectivity index (χ0n) is 8.75. The monoisotopic (exact) mass is 227 g/mol. The zero-order chi connectivity index (χ0) is 9.97. The van der Waals surface area contributed by atoms with Gasteiger partial charge in [-0.05, 0) is 49.6 Å². The van der Waals surface area contributed by atoms with Crippen LogP contribution in [-0.2, 0) is 0 Å². The van der Waals surface area contributed by atoms with Crippen molar-refractivity contribution in [3.63, 3.8) is 0 Å². The van der Waals surface area contributed by atoms with Crippen molar-refractivity contribution >= 4 is 23.1 Å². The summed E-state index contributed by atoms with van der Waals surface area (Å²) < 4.78 is 0. The molecule has 0 radical (unpaired) electrons. The van der Waals surface area contributed by atoms with Gasteiger partial charge in [-0.3, -0.25) is 0 Å². The molecule has 2 unspecified atom stereocenters. The maximum atomic E-state index is 3.47. The Balaban J connectivity index is 2.16. The molecular formula is C11H17NS2. The Kier molecular flexibility index (Phi) is 3.52. The third-order valence-electron chi connectivity index (χ3n) is 2.88. The second kappa shape index (κ2) is 4.69. The van der Waals surface area contributed by atoms with Gasteiger partial charge in [0, 0.05) is 16.2 Å². The molecule has 2 atom stereocenters. The Morgan fingerprint density at radius 2 is 2.43 bits per heavy atom. The number of thiophene rings is 1. The molecule has 1 N–H and O–H groups in total. The molecule has 78 valence electrons. The maximum absolute atomic E-state index is 3.47. The van der Waals surface area contributed by atoms with Gasteiger partial charge >= 0.3 is 0 Å². The molecule has 1 aliphatic heterocycles. The molecule has 0 amide bonds. The Morgan fingerprint density at radius 1 is 1.57 bits per heavy atom. The molecule has 0 saturated carbocycles. The Hall–Kier alpha value is 0.01000. The lowest BCUT2D eigenvalue weighted by atomic mass is 10.0. The third-order valence-corrected chi connectivity index (χ3v) is 5.20. The summed E-state index contributed by atoms with van der Waals surface area (Å²) in [6, 6.07) is 2.84. The van der Waals surface area contributed by atoms with E-state index in [2.05, 4.69) is 42.5 Å². The highest BCUT2D eigenvalue weighted by atomic mass is 32.2. The normalized spacial score (nSPS) is 24.0. The third kappa shape index (κ3) is 2.00. The smallest absolute Gasteiger partial charge is 0.0449 e. The van der Waals surface area contributed by atoms with Crippen LogP contribution in [-0.4, -0.2) is 18.1 Å². The largest absolute Gasteiger partial charge is 0.312 e. The second-order valence-corrected chi connectivity index (χ2v) is 6.22. The topological polar surface area (TPSA) is 12.0 Å². The van der Waals surface area contributed by atoms with Crippen LogP contribution in [0.15, 0.2) is 11.4 Å². The van der Waals surface area contributed by atoms with E-state index in [1.165, 1.54) is 29.0 Å². The van der Waals surface area contributed by atoms with Gasteiger partial charge in [0.25, 0.3) is 0 Å². The van der Waals surface area contributed by atoms with Gasteiger partial charge in [-0.2, -0.15) is 11.8 Å². The summed E-state index contributed by atoms with van der Waals surface area (Å²) >= 11 is 3.98. The van der Waals surface area contributed by atoms with Crippen LogP contribution in [0.4, 0.5) is 0 Å². The highest BCUT2D eigenvalue weighted by Gasteiger charge is 2.26. The molecule has 1 aromatic heterocycles. The van der Waals surface area contributed by atoms with E-state index in [0.717, 1.165) is 5.25 Å². The first kappa shape index (κ1) is 10.5. The molecule has 3 heteroatoms. The van der Waals surface area contributed by atoms with E-state index in [-0.39, 0.29) is 0 Å². The molecule has 1 saturated heterocycles. The zero-order valence-corrected chi connectivity index (χ0v) is 10.4. The van der Waals surface area contributed by atoms with Crippen LogP contribution in [0.1, 0.15) is 29.3 Å². The fourth-order valence-corrected chi connectivity index (χ4v) is 4.32. The van der Waals surface area contributed by atoms with Crippen molar-refractivity contribution in [2.24, 2.45) is 0 Å². The molecule has 0 aliphatic carbocycles. The van der Waals surface area contributed by atoms with Gasteiger partial charge in [-0.25, -0.2) is 0 Å². The minimum Gasteiger partial charge on any atom is -0.312 e. The second-order valence-electron chi connectivity index (χ2n) is 3.75. The quantitative estimate of drug-likeness (QED) is 0.851. The van der Waals surface area contributed by atoms with Crippen LogP contribution in [0.3, 0.4) is 0 Å². The summed E-state index contributed by atoms with van der Waals surface area (Å²) in [5.41, 5.74) is 1.51. The van der Waals surface area contributed by atoms with Crippen molar-refractivity contribution < 1.29 is 0 Å². The Labute approximate surface area is 94.3 Å². The van der Waals surface area contributed by atoms with Crippen molar-refractivity contribution in [1.29, 1.82) is 0 Å². The SMILES string of the molecule is CNC(c1ccsc1C)C1CCCS1. The first-order chi connectivity index (χ1) is 6.83. The fourth-order valence-electron chi connectivity index (χ4n) is 2.12. The first-order valence-corrected chi connectivity index (χ1v) is 7.08. The lowest BCUT2D eigenvalue weighted by Crippen LogP contribution is -2.25. The van der Waals surface area contributed by atoms with Crippen molar-refractivity contribution in [1.82, 2.24) is 5.32 Å². The predicted octanol–water partition coefficient (Wildman–Crippen LogP) is 3.21. The number of thioether (sulfide) groups is 1. The molecule has 1 aromatic rings. The summed E-state index contributed by atoms with van der Waals surface area (Å²) in [4.78, 5) is 1.47. The molecule has 0 aromatic carbocycles. The molecule has 2 rings (SSSR count). The molecule has 14 heavy (non-hydrogen) atoms. The highest BCUT2D eigenvalue weighted by Crippen LogP contribution is 2.37. The summed E-state index contributed by atoms with van der Waals surface area (Å²) in [5.74, 6) is 1.34. The van der Waals surface area contributed by atoms with E-state index in [4.69, 9.17) is 0 Å². The number of nitrogens with one attached hydrogen (secondary N) is 1. The molecule has 1 aliphatic rings. The summed E-state index contributed by atoms with van der Waals surface area (Å²) in [6.07, 6.45) is 2.75. The van der Waals surface area contributed by atoms with Crippen LogP contribution in [0.5, 0.6) is 0 Å². The van der Waals surface area contributed by atoms with Gasteiger partial charge in [-0.15, -0.1) is 11.3 Å². The summed E-state index contributed by atoms with van der Waals surface area (Å²) in [6.45, 7) is 2.23. The molecule has 2 heterocycles. The average molecular weight is 227 g/mol. The first-order valence-electron chi connectivity index (χ1n) is 5.16. The Bertz CT molecular complexity index is 289. The molecular weight excluding hydrogens is 210 g/mol. The van der Waals surface area contributed by atoms with E-state index in [1.54, 1.807) is 0 Å². The van der Waals surface area contributed by atoms with Crippen LogP contribution < -0.4 is 5.32 Å². The molecule has 1 fully saturated rings. The van der Waals surface area contributed by atoms with Crippen LogP contribution >= 0.6 is 23.1 Å². The minimum absolute atomic E-state index is 0.564. The van der Waals surface area contributed by atoms with Gasteiger partial charge in [0.2, 0.25) is 0 Å². The highest BCUT2D eigenvalue weighted by molar-refractivity contribution is 8.00. The van der Waals surface area contributed by atoms with Crippen molar-refractivity contribution in [2.75, 3.05) is 12.8 Å².